The zero-order valence-electron chi connectivity index (χ0n) is 20.1. The first-order valence-electron chi connectivity index (χ1n) is 11.7. The number of H-pyrrole nitrogens is 1. The number of likely N-dealkylation sites (tertiary alicyclic amines) is 1. The highest BCUT2D eigenvalue weighted by Crippen LogP contribution is 2.42. The van der Waals surface area contributed by atoms with Crippen molar-refractivity contribution in [2.75, 3.05) is 6.54 Å². The summed E-state index contributed by atoms with van der Waals surface area (Å²) in [4.78, 5) is 23.4. The van der Waals surface area contributed by atoms with Gasteiger partial charge in [-0.1, -0.05) is 41.4 Å². The molecule has 1 saturated heterocycles. The number of hydrogen-bond acceptors (Lipinski definition) is 3. The van der Waals surface area contributed by atoms with Gasteiger partial charge in [-0.15, -0.1) is 0 Å². The smallest absolute Gasteiger partial charge is 0.340 e. The number of nitrogens with zero attached hydrogens (tertiary/aromatic N) is 3. The lowest BCUT2D eigenvalue weighted by molar-refractivity contribution is -0.137. The molecule has 1 aliphatic heterocycles. The molecule has 37 heavy (non-hydrogen) atoms. The topological polar surface area (TPSA) is 72.8 Å². The van der Waals surface area contributed by atoms with Gasteiger partial charge in [0.05, 0.1) is 38.8 Å². The van der Waals surface area contributed by atoms with Crippen molar-refractivity contribution in [2.45, 2.75) is 38.4 Å². The predicted molar refractivity (Wildman–Crippen MR) is 135 cm³/mol. The van der Waals surface area contributed by atoms with Gasteiger partial charge in [-0.05, 0) is 68.1 Å². The predicted octanol–water partition coefficient (Wildman–Crippen LogP) is 7.23. The van der Waals surface area contributed by atoms with Gasteiger partial charge in [0.1, 0.15) is 5.82 Å². The highest BCUT2D eigenvalue weighted by molar-refractivity contribution is 6.32. The molecule has 0 spiro atoms. The fraction of sp³-hybridized carbons (Fsp3) is 0.250. The normalized spacial score (nSPS) is 17.8. The molecule has 1 aliphatic rings. The van der Waals surface area contributed by atoms with Crippen molar-refractivity contribution in [3.63, 3.8) is 0 Å². The summed E-state index contributed by atoms with van der Waals surface area (Å²) in [6, 6.07) is 17.0. The number of hydrogen-bond donors (Lipinski definition) is 1. The molecule has 188 valence electrons. The van der Waals surface area contributed by atoms with Gasteiger partial charge in [-0.2, -0.15) is 18.4 Å². The summed E-state index contributed by atoms with van der Waals surface area (Å²) < 4.78 is 40.1. The molecular weight excluding hydrogens is 501 g/mol. The third-order valence-electron chi connectivity index (χ3n) is 6.98. The number of nitriles is 1. The molecule has 0 bridgehead atoms. The molecule has 5 rings (SSSR count). The van der Waals surface area contributed by atoms with Crippen molar-refractivity contribution in [3.05, 3.63) is 87.7 Å². The number of aryl methyl sites for hydroxylation is 1. The van der Waals surface area contributed by atoms with E-state index in [4.69, 9.17) is 11.6 Å². The lowest BCUT2D eigenvalue weighted by atomic mass is 9.93. The fourth-order valence-corrected chi connectivity index (χ4v) is 5.30. The number of benzene rings is 3. The SMILES string of the molecule is Cc1ccc(-c2cccc(C#N)c2)c(C(=O)N2CCCC2(C)c2nc3cc(C(F)(F)F)c(Cl)cc3[nH]2)c1. The highest BCUT2D eigenvalue weighted by Gasteiger charge is 2.44. The number of aromatic amines is 1. The zero-order valence-corrected chi connectivity index (χ0v) is 20.8. The number of fused-ring (bicyclic) bond motifs is 1. The molecule has 2 heterocycles. The van der Waals surface area contributed by atoms with Crippen LogP contribution in [0.1, 0.15) is 52.6 Å². The first-order valence-corrected chi connectivity index (χ1v) is 12.1. The molecular formula is C28H22ClF3N4O. The van der Waals surface area contributed by atoms with Crippen LogP contribution in [-0.4, -0.2) is 27.3 Å². The van der Waals surface area contributed by atoms with Gasteiger partial charge in [-0.25, -0.2) is 4.98 Å². The molecule has 1 N–H and O–H groups in total. The van der Waals surface area contributed by atoms with E-state index in [0.29, 0.717) is 47.4 Å². The first kappa shape index (κ1) is 24.8. The number of rotatable bonds is 3. The third-order valence-corrected chi connectivity index (χ3v) is 7.29. The second-order valence-corrected chi connectivity index (χ2v) is 9.92. The maximum absolute atomic E-state index is 14.0. The van der Waals surface area contributed by atoms with E-state index in [-0.39, 0.29) is 11.4 Å². The molecule has 1 unspecified atom stereocenters. The van der Waals surface area contributed by atoms with Crippen LogP contribution in [0.2, 0.25) is 5.02 Å². The van der Waals surface area contributed by atoms with E-state index in [1.165, 1.54) is 6.07 Å². The second-order valence-electron chi connectivity index (χ2n) is 9.51. The Morgan fingerprint density at radius 1 is 1.19 bits per heavy atom. The number of amides is 1. The van der Waals surface area contributed by atoms with E-state index in [9.17, 15) is 23.2 Å². The van der Waals surface area contributed by atoms with Crippen LogP contribution in [0.25, 0.3) is 22.2 Å². The number of aromatic nitrogens is 2. The maximum Gasteiger partial charge on any atom is 0.417 e. The van der Waals surface area contributed by atoms with Crippen LogP contribution >= 0.6 is 11.6 Å². The summed E-state index contributed by atoms with van der Waals surface area (Å²) in [6.07, 6.45) is -3.31. The summed E-state index contributed by atoms with van der Waals surface area (Å²) in [7, 11) is 0. The lowest BCUT2D eigenvalue weighted by Gasteiger charge is -2.34. The van der Waals surface area contributed by atoms with Gasteiger partial charge in [0, 0.05) is 12.1 Å². The van der Waals surface area contributed by atoms with Crippen LogP contribution in [0, 0.1) is 18.3 Å². The quantitative estimate of drug-likeness (QED) is 0.308. The highest BCUT2D eigenvalue weighted by atomic mass is 35.5. The van der Waals surface area contributed by atoms with Gasteiger partial charge < -0.3 is 9.88 Å². The van der Waals surface area contributed by atoms with Gasteiger partial charge in [0.2, 0.25) is 0 Å². The van der Waals surface area contributed by atoms with E-state index in [0.717, 1.165) is 17.2 Å². The Labute approximate surface area is 216 Å². The molecule has 5 nitrogen and oxygen atoms in total. The number of imidazole rings is 1. The minimum absolute atomic E-state index is 0.136. The number of nitrogens with one attached hydrogen (secondary N) is 1. The summed E-state index contributed by atoms with van der Waals surface area (Å²) in [6.45, 7) is 4.23. The molecule has 4 aromatic rings. The monoisotopic (exact) mass is 522 g/mol. The van der Waals surface area contributed by atoms with E-state index in [1.807, 2.05) is 38.1 Å². The average Bonchev–Trinajstić information content (AvgIpc) is 3.46. The maximum atomic E-state index is 14.0. The third kappa shape index (κ3) is 4.34. The second kappa shape index (κ2) is 8.93. The van der Waals surface area contributed by atoms with Crippen molar-refractivity contribution in [2.24, 2.45) is 0 Å². The number of carbonyl (C=O) groups excluding carboxylic acids is 1. The van der Waals surface area contributed by atoms with Crippen LogP contribution < -0.4 is 0 Å². The van der Waals surface area contributed by atoms with E-state index >= 15 is 0 Å². The molecule has 1 aromatic heterocycles. The molecule has 1 atom stereocenters. The fourth-order valence-electron chi connectivity index (χ4n) is 5.03. The largest absolute Gasteiger partial charge is 0.417 e. The molecule has 1 fully saturated rings. The van der Waals surface area contributed by atoms with Crippen LogP contribution in [-0.2, 0) is 11.7 Å². The molecule has 1 amide bonds. The first-order chi connectivity index (χ1) is 17.5. The van der Waals surface area contributed by atoms with Crippen LogP contribution in [0.4, 0.5) is 13.2 Å². The summed E-state index contributed by atoms with van der Waals surface area (Å²) in [5.41, 5.74) is 2.03. The van der Waals surface area contributed by atoms with E-state index in [1.54, 1.807) is 23.1 Å². The Hall–Kier alpha value is -3.83. The minimum atomic E-state index is -4.60. The van der Waals surface area contributed by atoms with Gasteiger partial charge in [0.25, 0.3) is 5.91 Å². The summed E-state index contributed by atoms with van der Waals surface area (Å²) in [5.74, 6) is 0.194. The zero-order chi connectivity index (χ0) is 26.5. The molecule has 0 radical (unpaired) electrons. The minimum Gasteiger partial charge on any atom is -0.340 e. The Balaban J connectivity index is 1.58. The number of alkyl halides is 3. The molecule has 3 aromatic carbocycles. The average molecular weight is 523 g/mol. The Morgan fingerprint density at radius 2 is 1.97 bits per heavy atom. The molecule has 0 saturated carbocycles. The standard InChI is InChI=1S/C28H22ClF3N4O/c1-16-7-8-19(18-6-3-5-17(12-18)15-33)20(11-16)25(37)36-10-4-9-27(36,2)26-34-23-13-21(28(30,31)32)22(29)14-24(23)35-26/h3,5-8,11-14H,4,9-10H2,1-2H3,(H,34,35). The van der Waals surface area contributed by atoms with Crippen molar-refractivity contribution in [1.82, 2.24) is 14.9 Å². The van der Waals surface area contributed by atoms with Gasteiger partial charge >= 0.3 is 6.18 Å². The lowest BCUT2D eigenvalue weighted by Crippen LogP contribution is -2.43. The molecule has 0 aliphatic carbocycles. The van der Waals surface area contributed by atoms with Crippen molar-refractivity contribution in [3.8, 4) is 17.2 Å². The van der Waals surface area contributed by atoms with E-state index < -0.39 is 22.3 Å². The van der Waals surface area contributed by atoms with Crippen LogP contribution in [0.3, 0.4) is 0 Å². The van der Waals surface area contributed by atoms with Gasteiger partial charge in [0.15, 0.2) is 0 Å². The van der Waals surface area contributed by atoms with Crippen LogP contribution in [0.15, 0.2) is 54.6 Å². The summed E-state index contributed by atoms with van der Waals surface area (Å²) >= 11 is 5.91. The van der Waals surface area contributed by atoms with Crippen molar-refractivity contribution < 1.29 is 18.0 Å². The number of halogens is 4. The van der Waals surface area contributed by atoms with Crippen molar-refractivity contribution in [1.29, 1.82) is 5.26 Å². The Morgan fingerprint density at radius 3 is 2.70 bits per heavy atom. The van der Waals surface area contributed by atoms with E-state index in [2.05, 4.69) is 16.0 Å². The van der Waals surface area contributed by atoms with Crippen molar-refractivity contribution >= 4 is 28.5 Å². The summed E-state index contributed by atoms with van der Waals surface area (Å²) in [5, 5.41) is 8.92. The van der Waals surface area contributed by atoms with Crippen LogP contribution in [0.5, 0.6) is 0 Å². The molecule has 9 heteroatoms. The number of carbonyl (C=O) groups is 1. The Kier molecular flexibility index (Phi) is 5.99. The Bertz CT molecular complexity index is 1590. The van der Waals surface area contributed by atoms with Gasteiger partial charge in [-0.3, -0.25) is 4.79 Å².